The molecule has 2 unspecified atom stereocenters. The van der Waals surface area contributed by atoms with E-state index in [9.17, 15) is 9.90 Å². The third-order valence-corrected chi connectivity index (χ3v) is 4.09. The number of esters is 1. The number of carbonyl (C=O) groups excluding carboxylic acids is 1. The van der Waals surface area contributed by atoms with Crippen molar-refractivity contribution in [3.05, 3.63) is 71.8 Å². The number of hydrogen-bond donors (Lipinski definition) is 1. The van der Waals surface area contributed by atoms with Gasteiger partial charge in [-0.2, -0.15) is 0 Å². The SMILES string of the molecule is CCCCOC(=O)C(Cc1ccccc1)CC(O)c1ccccc1. The van der Waals surface area contributed by atoms with Gasteiger partial charge in [-0.3, -0.25) is 4.79 Å². The van der Waals surface area contributed by atoms with Crippen molar-refractivity contribution >= 4 is 5.97 Å². The molecule has 24 heavy (non-hydrogen) atoms. The van der Waals surface area contributed by atoms with Crippen LogP contribution in [-0.4, -0.2) is 17.7 Å². The molecule has 1 N–H and O–H groups in total. The van der Waals surface area contributed by atoms with Crippen LogP contribution in [0.3, 0.4) is 0 Å². The van der Waals surface area contributed by atoms with Crippen LogP contribution in [-0.2, 0) is 16.0 Å². The lowest BCUT2D eigenvalue weighted by Crippen LogP contribution is -2.23. The van der Waals surface area contributed by atoms with Crippen molar-refractivity contribution in [2.24, 2.45) is 5.92 Å². The molecule has 0 spiro atoms. The Labute approximate surface area is 144 Å². The summed E-state index contributed by atoms with van der Waals surface area (Å²) < 4.78 is 5.40. The minimum atomic E-state index is -0.668. The van der Waals surface area contributed by atoms with E-state index in [1.165, 1.54) is 0 Å². The van der Waals surface area contributed by atoms with E-state index in [2.05, 4.69) is 6.92 Å². The first kappa shape index (κ1) is 18.2. The normalized spacial score (nSPS) is 13.2. The van der Waals surface area contributed by atoms with Crippen molar-refractivity contribution in [1.82, 2.24) is 0 Å². The van der Waals surface area contributed by atoms with Crippen LogP contribution in [0, 0.1) is 5.92 Å². The Hall–Kier alpha value is -2.13. The highest BCUT2D eigenvalue weighted by Gasteiger charge is 2.24. The smallest absolute Gasteiger partial charge is 0.309 e. The lowest BCUT2D eigenvalue weighted by molar-refractivity contribution is -0.149. The highest BCUT2D eigenvalue weighted by atomic mass is 16.5. The fraction of sp³-hybridized carbons (Fsp3) is 0.381. The highest BCUT2D eigenvalue weighted by molar-refractivity contribution is 5.73. The summed E-state index contributed by atoms with van der Waals surface area (Å²) in [6.45, 7) is 2.51. The van der Waals surface area contributed by atoms with Gasteiger partial charge in [-0.1, -0.05) is 74.0 Å². The number of unbranched alkanes of at least 4 members (excludes halogenated alkanes) is 1. The van der Waals surface area contributed by atoms with Crippen LogP contribution in [0.4, 0.5) is 0 Å². The van der Waals surface area contributed by atoms with Crippen LogP contribution in [0.2, 0.25) is 0 Å². The second-order valence-electron chi connectivity index (χ2n) is 6.07. The molecule has 2 aromatic rings. The van der Waals surface area contributed by atoms with Gasteiger partial charge in [0.05, 0.1) is 18.6 Å². The molecule has 128 valence electrons. The number of aliphatic hydroxyl groups excluding tert-OH is 1. The first-order valence-electron chi connectivity index (χ1n) is 8.64. The molecule has 3 nitrogen and oxygen atoms in total. The maximum Gasteiger partial charge on any atom is 0.309 e. The molecule has 0 saturated heterocycles. The van der Waals surface area contributed by atoms with Crippen LogP contribution < -0.4 is 0 Å². The Morgan fingerprint density at radius 3 is 2.29 bits per heavy atom. The average molecular weight is 326 g/mol. The molecule has 2 aromatic carbocycles. The number of aliphatic hydroxyl groups is 1. The summed E-state index contributed by atoms with van der Waals surface area (Å²) in [6, 6.07) is 19.3. The molecular weight excluding hydrogens is 300 g/mol. The van der Waals surface area contributed by atoms with E-state index in [0.29, 0.717) is 19.4 Å². The zero-order chi connectivity index (χ0) is 17.2. The Morgan fingerprint density at radius 2 is 1.67 bits per heavy atom. The van der Waals surface area contributed by atoms with Gasteiger partial charge in [0, 0.05) is 0 Å². The van der Waals surface area contributed by atoms with Crippen molar-refractivity contribution in [2.45, 2.75) is 38.7 Å². The largest absolute Gasteiger partial charge is 0.465 e. The summed E-state index contributed by atoms with van der Waals surface area (Å²) in [5.41, 5.74) is 1.91. The zero-order valence-electron chi connectivity index (χ0n) is 14.2. The maximum absolute atomic E-state index is 12.5. The third kappa shape index (κ3) is 5.82. The molecule has 0 heterocycles. The molecule has 0 aliphatic rings. The van der Waals surface area contributed by atoms with E-state index in [1.807, 2.05) is 60.7 Å². The Morgan fingerprint density at radius 1 is 1.04 bits per heavy atom. The van der Waals surface area contributed by atoms with E-state index in [4.69, 9.17) is 4.74 Å². The Bertz CT molecular complexity index is 595. The molecule has 2 atom stereocenters. The van der Waals surface area contributed by atoms with Gasteiger partial charge in [-0.05, 0) is 30.4 Å². The van der Waals surface area contributed by atoms with Crippen molar-refractivity contribution < 1.29 is 14.6 Å². The number of hydrogen-bond acceptors (Lipinski definition) is 3. The highest BCUT2D eigenvalue weighted by Crippen LogP contribution is 2.25. The number of carbonyl (C=O) groups is 1. The third-order valence-electron chi connectivity index (χ3n) is 4.09. The van der Waals surface area contributed by atoms with Crippen LogP contribution >= 0.6 is 0 Å². The molecule has 0 saturated carbocycles. The minimum absolute atomic E-state index is 0.220. The second-order valence-corrected chi connectivity index (χ2v) is 6.07. The van der Waals surface area contributed by atoms with Gasteiger partial charge in [0.15, 0.2) is 0 Å². The summed E-state index contributed by atoms with van der Waals surface area (Å²) in [6.07, 6.45) is 2.13. The fourth-order valence-corrected chi connectivity index (χ4v) is 2.68. The predicted octanol–water partition coefficient (Wildman–Crippen LogP) is 4.31. The molecule has 2 rings (SSSR count). The number of rotatable bonds is 9. The van der Waals surface area contributed by atoms with Crippen molar-refractivity contribution in [3.8, 4) is 0 Å². The van der Waals surface area contributed by atoms with Crippen LogP contribution in [0.15, 0.2) is 60.7 Å². The fourth-order valence-electron chi connectivity index (χ4n) is 2.68. The van der Waals surface area contributed by atoms with Gasteiger partial charge in [0.1, 0.15) is 0 Å². The van der Waals surface area contributed by atoms with Crippen molar-refractivity contribution in [2.75, 3.05) is 6.61 Å². The quantitative estimate of drug-likeness (QED) is 0.551. The van der Waals surface area contributed by atoms with Crippen molar-refractivity contribution in [1.29, 1.82) is 0 Å². The Balaban J connectivity index is 2.05. The van der Waals surface area contributed by atoms with E-state index < -0.39 is 6.10 Å². The van der Waals surface area contributed by atoms with Crippen molar-refractivity contribution in [3.63, 3.8) is 0 Å². The molecule has 0 amide bonds. The lowest BCUT2D eigenvalue weighted by Gasteiger charge is -2.20. The van der Waals surface area contributed by atoms with Gasteiger partial charge in [0.2, 0.25) is 0 Å². The summed E-state index contributed by atoms with van der Waals surface area (Å²) in [4.78, 5) is 12.5. The van der Waals surface area contributed by atoms with Crippen LogP contribution in [0.25, 0.3) is 0 Å². The molecule has 0 bridgehead atoms. The Kier molecular flexibility index (Phi) is 7.50. The number of benzene rings is 2. The molecule has 0 radical (unpaired) electrons. The molecule has 3 heteroatoms. The average Bonchev–Trinajstić information content (AvgIpc) is 2.63. The molecule has 0 aliphatic heterocycles. The van der Waals surface area contributed by atoms with Gasteiger partial charge in [0.25, 0.3) is 0 Å². The monoisotopic (exact) mass is 326 g/mol. The molecular formula is C21H26O3. The second kappa shape index (κ2) is 9.89. The van der Waals surface area contributed by atoms with Crippen LogP contribution in [0.5, 0.6) is 0 Å². The predicted molar refractivity (Wildman–Crippen MR) is 95.5 cm³/mol. The summed E-state index contributed by atoms with van der Waals surface area (Å²) in [7, 11) is 0. The first-order valence-corrected chi connectivity index (χ1v) is 8.64. The summed E-state index contributed by atoms with van der Waals surface area (Å²) in [5, 5.41) is 10.5. The maximum atomic E-state index is 12.5. The zero-order valence-corrected chi connectivity index (χ0v) is 14.2. The topological polar surface area (TPSA) is 46.5 Å². The van der Waals surface area contributed by atoms with E-state index in [-0.39, 0.29) is 11.9 Å². The molecule has 0 fully saturated rings. The van der Waals surface area contributed by atoms with Gasteiger partial charge in [-0.25, -0.2) is 0 Å². The summed E-state index contributed by atoms with van der Waals surface area (Å²) in [5.74, 6) is -0.568. The van der Waals surface area contributed by atoms with E-state index in [0.717, 1.165) is 24.0 Å². The molecule has 0 aromatic heterocycles. The standard InChI is InChI=1S/C21H26O3/c1-2-3-14-24-21(23)19(15-17-10-6-4-7-11-17)16-20(22)18-12-8-5-9-13-18/h4-13,19-20,22H,2-3,14-16H2,1H3. The van der Waals surface area contributed by atoms with Crippen LogP contribution in [0.1, 0.15) is 43.4 Å². The first-order chi connectivity index (χ1) is 11.7. The summed E-state index contributed by atoms with van der Waals surface area (Å²) >= 11 is 0. The van der Waals surface area contributed by atoms with E-state index in [1.54, 1.807) is 0 Å². The van der Waals surface area contributed by atoms with Gasteiger partial charge in [-0.15, -0.1) is 0 Å². The number of ether oxygens (including phenoxy) is 1. The lowest BCUT2D eigenvalue weighted by atomic mass is 9.91. The van der Waals surface area contributed by atoms with Gasteiger partial charge < -0.3 is 9.84 Å². The van der Waals surface area contributed by atoms with E-state index >= 15 is 0 Å². The van der Waals surface area contributed by atoms with Gasteiger partial charge >= 0.3 is 5.97 Å². The molecule has 0 aliphatic carbocycles. The minimum Gasteiger partial charge on any atom is -0.465 e.